The number of carbonyl (C=O) groups is 1. The van der Waals surface area contributed by atoms with Crippen molar-refractivity contribution in [3.8, 4) is 0 Å². The van der Waals surface area contributed by atoms with Gasteiger partial charge in [0.1, 0.15) is 6.29 Å². The van der Waals surface area contributed by atoms with Crippen molar-refractivity contribution in [1.29, 1.82) is 0 Å². The summed E-state index contributed by atoms with van der Waals surface area (Å²) < 4.78 is 1.13. The highest BCUT2D eigenvalue weighted by molar-refractivity contribution is 9.10. The van der Waals surface area contributed by atoms with Gasteiger partial charge in [-0.05, 0) is 12.1 Å². The Morgan fingerprint density at radius 3 is 2.00 bits per heavy atom. The number of hydrogen-bond donors (Lipinski definition) is 0. The predicted molar refractivity (Wildman–Crippen MR) is 50.5 cm³/mol. The van der Waals surface area contributed by atoms with E-state index >= 15 is 0 Å². The molecule has 2 heteroatoms. The van der Waals surface area contributed by atoms with Crippen LogP contribution in [0.3, 0.4) is 0 Å². The van der Waals surface area contributed by atoms with Crippen LogP contribution in [0.1, 0.15) is 13.3 Å². The van der Waals surface area contributed by atoms with Crippen molar-refractivity contribution < 1.29 is 4.79 Å². The Labute approximate surface area is 75.6 Å². The molecule has 0 N–H and O–H groups in total. The summed E-state index contributed by atoms with van der Waals surface area (Å²) in [6.45, 7) is 1.81. The molecular weight excluding hydrogens is 204 g/mol. The van der Waals surface area contributed by atoms with E-state index in [1.807, 2.05) is 37.3 Å². The van der Waals surface area contributed by atoms with E-state index in [0.29, 0.717) is 6.42 Å². The van der Waals surface area contributed by atoms with E-state index in [0.717, 1.165) is 10.8 Å². The molecule has 0 fully saturated rings. The maximum absolute atomic E-state index is 9.17. The first kappa shape index (κ1) is 10.4. The number of rotatable bonds is 1. The summed E-state index contributed by atoms with van der Waals surface area (Å²) in [6, 6.07) is 9.97. The van der Waals surface area contributed by atoms with Gasteiger partial charge in [0.15, 0.2) is 0 Å². The minimum atomic E-state index is 0.639. The van der Waals surface area contributed by atoms with Crippen LogP contribution in [0.4, 0.5) is 0 Å². The Morgan fingerprint density at radius 2 is 1.82 bits per heavy atom. The highest BCUT2D eigenvalue weighted by Gasteiger charge is 1.74. The molecule has 0 bridgehead atoms. The van der Waals surface area contributed by atoms with Crippen LogP contribution >= 0.6 is 15.9 Å². The molecule has 11 heavy (non-hydrogen) atoms. The van der Waals surface area contributed by atoms with Gasteiger partial charge in [-0.25, -0.2) is 0 Å². The predicted octanol–water partition coefficient (Wildman–Crippen LogP) is 3.04. The molecule has 0 aliphatic rings. The first-order valence-corrected chi connectivity index (χ1v) is 4.24. The Hall–Kier alpha value is -0.630. The lowest BCUT2D eigenvalue weighted by Crippen LogP contribution is -1.55. The summed E-state index contributed by atoms with van der Waals surface area (Å²) in [5, 5.41) is 0. The summed E-state index contributed by atoms with van der Waals surface area (Å²) in [4.78, 5) is 9.17. The summed E-state index contributed by atoms with van der Waals surface area (Å²) in [7, 11) is 0. The fourth-order valence-electron chi connectivity index (χ4n) is 0.415. The van der Waals surface area contributed by atoms with E-state index in [4.69, 9.17) is 0 Å². The minimum Gasteiger partial charge on any atom is -0.303 e. The molecule has 0 heterocycles. The zero-order valence-corrected chi connectivity index (χ0v) is 8.04. The molecule has 1 rings (SSSR count). The van der Waals surface area contributed by atoms with Gasteiger partial charge in [0, 0.05) is 10.9 Å². The molecule has 0 saturated heterocycles. The molecule has 1 nitrogen and oxygen atoms in total. The van der Waals surface area contributed by atoms with Crippen LogP contribution in [0.2, 0.25) is 0 Å². The summed E-state index contributed by atoms with van der Waals surface area (Å²) >= 11 is 3.31. The van der Waals surface area contributed by atoms with E-state index in [1.54, 1.807) is 0 Å². The lowest BCUT2D eigenvalue weighted by molar-refractivity contribution is -0.107. The Bertz CT molecular complexity index is 184. The molecule has 1 aromatic carbocycles. The van der Waals surface area contributed by atoms with Crippen LogP contribution in [0, 0.1) is 0 Å². The third kappa shape index (κ3) is 7.26. The zero-order chi connectivity index (χ0) is 8.53. The molecule has 1 aromatic rings. The van der Waals surface area contributed by atoms with Gasteiger partial charge in [-0.1, -0.05) is 41.1 Å². The van der Waals surface area contributed by atoms with Crippen molar-refractivity contribution in [2.24, 2.45) is 0 Å². The SMILES string of the molecule is Brc1ccccc1.CCC=O. The highest BCUT2D eigenvalue weighted by Crippen LogP contribution is 2.05. The van der Waals surface area contributed by atoms with Crippen LogP contribution in [0.15, 0.2) is 34.8 Å². The number of halogens is 1. The molecule has 0 saturated carbocycles. The molecule has 0 aromatic heterocycles. The van der Waals surface area contributed by atoms with Crippen LogP contribution in [-0.4, -0.2) is 6.29 Å². The number of hydrogen-bond acceptors (Lipinski definition) is 1. The van der Waals surface area contributed by atoms with Gasteiger partial charge in [0.05, 0.1) is 0 Å². The normalized spacial score (nSPS) is 7.82. The van der Waals surface area contributed by atoms with Crippen molar-refractivity contribution in [1.82, 2.24) is 0 Å². The second-order valence-electron chi connectivity index (χ2n) is 1.87. The Kier molecular flexibility index (Phi) is 7.05. The van der Waals surface area contributed by atoms with Gasteiger partial charge >= 0.3 is 0 Å². The Morgan fingerprint density at radius 1 is 1.36 bits per heavy atom. The summed E-state index contributed by atoms with van der Waals surface area (Å²) in [5.74, 6) is 0. The lowest BCUT2D eigenvalue weighted by atomic mass is 10.4. The van der Waals surface area contributed by atoms with Crippen molar-refractivity contribution in [2.75, 3.05) is 0 Å². The fourth-order valence-corrected chi connectivity index (χ4v) is 0.720. The van der Waals surface area contributed by atoms with E-state index in [9.17, 15) is 4.79 Å². The van der Waals surface area contributed by atoms with Gasteiger partial charge < -0.3 is 4.79 Å². The monoisotopic (exact) mass is 214 g/mol. The minimum absolute atomic E-state index is 0.639. The second-order valence-corrected chi connectivity index (χ2v) is 2.79. The number of carbonyl (C=O) groups excluding carboxylic acids is 1. The molecule has 0 aliphatic carbocycles. The average Bonchev–Trinajstić information content (AvgIpc) is 2.07. The smallest absolute Gasteiger partial charge is 0.119 e. The summed E-state index contributed by atoms with van der Waals surface area (Å²) in [5.41, 5.74) is 0. The van der Waals surface area contributed by atoms with Gasteiger partial charge in [-0.2, -0.15) is 0 Å². The maximum Gasteiger partial charge on any atom is 0.119 e. The highest BCUT2D eigenvalue weighted by atomic mass is 79.9. The third-order valence-electron chi connectivity index (χ3n) is 0.900. The van der Waals surface area contributed by atoms with Crippen molar-refractivity contribution in [2.45, 2.75) is 13.3 Å². The topological polar surface area (TPSA) is 17.1 Å². The molecular formula is C9H11BrO. The van der Waals surface area contributed by atoms with E-state index in [2.05, 4.69) is 15.9 Å². The second kappa shape index (κ2) is 7.48. The van der Waals surface area contributed by atoms with Crippen LogP contribution < -0.4 is 0 Å². The zero-order valence-electron chi connectivity index (χ0n) is 6.46. The van der Waals surface area contributed by atoms with Crippen LogP contribution in [0.5, 0.6) is 0 Å². The Balaban J connectivity index is 0.000000218. The standard InChI is InChI=1S/C6H5Br.C3H6O/c7-6-4-2-1-3-5-6;1-2-3-4/h1-5H;3H,2H2,1H3. The maximum atomic E-state index is 9.17. The van der Waals surface area contributed by atoms with E-state index in [-0.39, 0.29) is 0 Å². The largest absolute Gasteiger partial charge is 0.303 e. The first-order chi connectivity index (χ1) is 5.31. The third-order valence-corrected chi connectivity index (χ3v) is 1.43. The van der Waals surface area contributed by atoms with Crippen molar-refractivity contribution >= 4 is 22.2 Å². The molecule has 0 radical (unpaired) electrons. The van der Waals surface area contributed by atoms with Gasteiger partial charge in [-0.15, -0.1) is 0 Å². The number of aldehydes is 1. The quantitative estimate of drug-likeness (QED) is 0.658. The molecule has 0 aliphatic heterocycles. The van der Waals surface area contributed by atoms with Crippen molar-refractivity contribution in [3.63, 3.8) is 0 Å². The molecule has 60 valence electrons. The molecule has 0 spiro atoms. The molecule has 0 unspecified atom stereocenters. The van der Waals surface area contributed by atoms with Gasteiger partial charge in [0.2, 0.25) is 0 Å². The average molecular weight is 215 g/mol. The fraction of sp³-hybridized carbons (Fsp3) is 0.222. The van der Waals surface area contributed by atoms with Crippen LogP contribution in [-0.2, 0) is 4.79 Å². The van der Waals surface area contributed by atoms with Gasteiger partial charge in [-0.3, -0.25) is 0 Å². The first-order valence-electron chi connectivity index (χ1n) is 3.45. The van der Waals surface area contributed by atoms with E-state index < -0.39 is 0 Å². The molecule has 0 amide bonds. The van der Waals surface area contributed by atoms with Crippen LogP contribution in [0.25, 0.3) is 0 Å². The number of benzene rings is 1. The van der Waals surface area contributed by atoms with Gasteiger partial charge in [0.25, 0.3) is 0 Å². The lowest BCUT2D eigenvalue weighted by Gasteiger charge is -1.80. The molecule has 0 atom stereocenters. The summed E-state index contributed by atoms with van der Waals surface area (Å²) in [6.07, 6.45) is 1.51. The van der Waals surface area contributed by atoms with Crippen molar-refractivity contribution in [3.05, 3.63) is 34.8 Å². The van der Waals surface area contributed by atoms with E-state index in [1.165, 1.54) is 0 Å².